The van der Waals surface area contributed by atoms with Gasteiger partial charge in [-0.15, -0.1) is 0 Å². The van der Waals surface area contributed by atoms with Crippen molar-refractivity contribution >= 4 is 9.04 Å². The zero-order valence-electron chi connectivity index (χ0n) is 5.98. The third kappa shape index (κ3) is 3.43. The van der Waals surface area contributed by atoms with E-state index in [1.54, 1.807) is 0 Å². The Labute approximate surface area is 57.3 Å². The largest absolute Gasteiger partial charge is 0.413 e. The summed E-state index contributed by atoms with van der Waals surface area (Å²) >= 11 is 0. The molecule has 9 heavy (non-hydrogen) atoms. The van der Waals surface area contributed by atoms with Crippen molar-refractivity contribution in [1.82, 2.24) is 0 Å². The molecule has 1 nitrogen and oxygen atoms in total. The van der Waals surface area contributed by atoms with Crippen molar-refractivity contribution < 1.29 is 8.82 Å². The zero-order chi connectivity index (χ0) is 7.28. The summed E-state index contributed by atoms with van der Waals surface area (Å²) in [6, 6.07) is 0.795. The molecule has 0 radical (unpaired) electrons. The summed E-state index contributed by atoms with van der Waals surface area (Å²) in [6.07, 6.45) is 0. The summed E-state index contributed by atoms with van der Waals surface area (Å²) in [4.78, 5) is 0. The van der Waals surface area contributed by atoms with Crippen molar-refractivity contribution in [2.45, 2.75) is 19.9 Å². The molecule has 1 atom stereocenters. The third-order valence-corrected chi connectivity index (χ3v) is 3.26. The lowest BCUT2D eigenvalue weighted by atomic mass is 10.9. The normalized spacial score (nSPS) is 13.2. The van der Waals surface area contributed by atoms with Gasteiger partial charge in [-0.1, -0.05) is 13.5 Å². The van der Waals surface area contributed by atoms with E-state index in [0.717, 1.165) is 6.04 Å². The first-order valence-electron chi connectivity index (χ1n) is 3.18. The van der Waals surface area contributed by atoms with Crippen LogP contribution >= 0.6 is 0 Å². The Hall–Kier alpha value is -0.153. The van der Waals surface area contributed by atoms with Gasteiger partial charge < -0.3 is 4.43 Å². The Balaban J connectivity index is 3.54. The minimum atomic E-state index is -1.65. The van der Waals surface area contributed by atoms with Crippen LogP contribution in [0.15, 0.2) is 12.0 Å². The van der Waals surface area contributed by atoms with Gasteiger partial charge in [0.1, 0.15) is 5.45 Å². The summed E-state index contributed by atoms with van der Waals surface area (Å²) in [5.74, 6) is 0. The van der Waals surface area contributed by atoms with Gasteiger partial charge in [-0.25, -0.2) is 4.39 Å². The molecule has 0 N–H and O–H groups in total. The summed E-state index contributed by atoms with van der Waals surface area (Å²) in [5.41, 5.74) is -0.237. The van der Waals surface area contributed by atoms with Crippen LogP contribution < -0.4 is 0 Å². The second-order valence-corrected chi connectivity index (χ2v) is 4.55. The summed E-state index contributed by atoms with van der Waals surface area (Å²) in [7, 11) is -1.65. The maximum Gasteiger partial charge on any atom is 0.239 e. The molecule has 0 spiro atoms. The van der Waals surface area contributed by atoms with Crippen LogP contribution in [0.4, 0.5) is 4.39 Å². The van der Waals surface area contributed by atoms with Gasteiger partial charge in [0.05, 0.1) is 0 Å². The zero-order valence-corrected chi connectivity index (χ0v) is 7.14. The van der Waals surface area contributed by atoms with E-state index in [1.165, 1.54) is 0 Å². The van der Waals surface area contributed by atoms with Crippen molar-refractivity contribution in [1.29, 1.82) is 0 Å². The molecule has 0 aliphatic heterocycles. The molecule has 54 valence electrons. The van der Waals surface area contributed by atoms with Crippen LogP contribution in [0.2, 0.25) is 6.04 Å². The molecule has 0 fully saturated rings. The molecule has 0 heterocycles. The highest BCUT2D eigenvalue weighted by Gasteiger charge is 2.11. The van der Waals surface area contributed by atoms with Crippen molar-refractivity contribution in [2.24, 2.45) is 0 Å². The van der Waals surface area contributed by atoms with Crippen molar-refractivity contribution in [3.8, 4) is 0 Å². The molecule has 0 amide bonds. The van der Waals surface area contributed by atoms with Crippen LogP contribution in [-0.2, 0) is 4.43 Å². The SMILES string of the molecule is C=C(F)[SiH](CC)OCC. The molecule has 0 saturated carbocycles. The van der Waals surface area contributed by atoms with Crippen molar-refractivity contribution in [2.75, 3.05) is 6.61 Å². The minimum Gasteiger partial charge on any atom is -0.413 e. The van der Waals surface area contributed by atoms with Gasteiger partial charge in [-0.2, -0.15) is 0 Å². The van der Waals surface area contributed by atoms with Crippen LogP contribution in [0.5, 0.6) is 0 Å². The maximum atomic E-state index is 12.3. The first-order valence-corrected chi connectivity index (χ1v) is 5.04. The molecule has 1 unspecified atom stereocenters. The lowest BCUT2D eigenvalue weighted by Gasteiger charge is -2.08. The van der Waals surface area contributed by atoms with E-state index in [4.69, 9.17) is 4.43 Å². The Morgan fingerprint density at radius 1 is 1.67 bits per heavy atom. The number of rotatable bonds is 4. The van der Waals surface area contributed by atoms with E-state index in [-0.39, 0.29) is 5.45 Å². The monoisotopic (exact) mass is 148 g/mol. The van der Waals surface area contributed by atoms with Crippen LogP contribution in [0.3, 0.4) is 0 Å². The second-order valence-electron chi connectivity index (χ2n) is 1.80. The lowest BCUT2D eigenvalue weighted by Crippen LogP contribution is -2.17. The number of hydrogen-bond donors (Lipinski definition) is 0. The number of halogens is 1. The van der Waals surface area contributed by atoms with Gasteiger partial charge in [0.15, 0.2) is 0 Å². The van der Waals surface area contributed by atoms with E-state index >= 15 is 0 Å². The highest BCUT2D eigenvalue weighted by molar-refractivity contribution is 6.59. The average Bonchev–Trinajstić information content (AvgIpc) is 1.82. The molecular weight excluding hydrogens is 135 g/mol. The molecule has 0 rings (SSSR count). The molecular formula is C6H13FOSi. The van der Waals surface area contributed by atoms with Gasteiger partial charge in [-0.3, -0.25) is 0 Å². The van der Waals surface area contributed by atoms with Gasteiger partial charge >= 0.3 is 0 Å². The fourth-order valence-electron chi connectivity index (χ4n) is 0.631. The molecule has 0 saturated heterocycles. The molecule has 0 bridgehead atoms. The van der Waals surface area contributed by atoms with E-state index in [2.05, 4.69) is 6.58 Å². The van der Waals surface area contributed by atoms with E-state index in [0.29, 0.717) is 6.61 Å². The first-order chi connectivity index (χ1) is 4.22. The number of hydrogen-bond acceptors (Lipinski definition) is 1. The highest BCUT2D eigenvalue weighted by atomic mass is 28.3. The average molecular weight is 148 g/mol. The fourth-order valence-corrected chi connectivity index (χ4v) is 1.89. The van der Waals surface area contributed by atoms with Crippen molar-refractivity contribution in [3.05, 3.63) is 12.0 Å². The van der Waals surface area contributed by atoms with Crippen LogP contribution in [0.1, 0.15) is 13.8 Å². The quantitative estimate of drug-likeness (QED) is 0.552. The minimum absolute atomic E-state index is 0.237. The van der Waals surface area contributed by atoms with Gasteiger partial charge in [0, 0.05) is 6.61 Å². The molecule has 0 aromatic heterocycles. The first kappa shape index (κ1) is 8.85. The predicted molar refractivity (Wildman–Crippen MR) is 39.5 cm³/mol. The maximum absolute atomic E-state index is 12.3. The lowest BCUT2D eigenvalue weighted by molar-refractivity contribution is 0.340. The molecule has 0 aliphatic carbocycles. The van der Waals surface area contributed by atoms with E-state index < -0.39 is 9.04 Å². The highest BCUT2D eigenvalue weighted by Crippen LogP contribution is 2.05. The Kier molecular flexibility index (Phi) is 4.62. The van der Waals surface area contributed by atoms with Crippen LogP contribution in [0.25, 0.3) is 0 Å². The topological polar surface area (TPSA) is 9.23 Å². The van der Waals surface area contributed by atoms with E-state index in [1.807, 2.05) is 13.8 Å². The second kappa shape index (κ2) is 4.70. The van der Waals surface area contributed by atoms with Crippen LogP contribution in [0, 0.1) is 0 Å². The Bertz CT molecular complexity index is 95.1. The van der Waals surface area contributed by atoms with E-state index in [9.17, 15) is 4.39 Å². The summed E-state index contributed by atoms with van der Waals surface area (Å²) in [6.45, 7) is 7.62. The molecule has 0 aromatic carbocycles. The van der Waals surface area contributed by atoms with Gasteiger partial charge in [-0.05, 0) is 13.0 Å². The summed E-state index contributed by atoms with van der Waals surface area (Å²) in [5, 5.41) is 0. The molecule has 0 aromatic rings. The smallest absolute Gasteiger partial charge is 0.239 e. The summed E-state index contributed by atoms with van der Waals surface area (Å²) < 4.78 is 17.4. The molecule has 3 heteroatoms. The van der Waals surface area contributed by atoms with Crippen molar-refractivity contribution in [3.63, 3.8) is 0 Å². The fraction of sp³-hybridized carbons (Fsp3) is 0.667. The Morgan fingerprint density at radius 3 is 2.33 bits per heavy atom. The molecule has 0 aliphatic rings. The van der Waals surface area contributed by atoms with Crippen LogP contribution in [-0.4, -0.2) is 15.6 Å². The third-order valence-electron chi connectivity index (χ3n) is 1.09. The predicted octanol–water partition coefficient (Wildman–Crippen LogP) is 1.79. The standard InChI is InChI=1S/C6H13FOSi/c1-4-8-9(5-2)6(3)7/h9H,3-5H2,1-2H3. The van der Waals surface area contributed by atoms with Gasteiger partial charge in [0.25, 0.3) is 0 Å². The Morgan fingerprint density at radius 2 is 2.22 bits per heavy atom. The van der Waals surface area contributed by atoms with Gasteiger partial charge in [0.2, 0.25) is 9.04 Å².